The van der Waals surface area contributed by atoms with Crippen molar-refractivity contribution in [3.05, 3.63) is 0 Å². The maximum absolute atomic E-state index is 10.6. The van der Waals surface area contributed by atoms with Crippen LogP contribution in [0.25, 0.3) is 0 Å². The topological polar surface area (TPSA) is 17.1 Å². The molecule has 10 heavy (non-hydrogen) atoms. The molecule has 0 aromatic heterocycles. The molecular weight excluding hydrogens is 171 g/mol. The second-order valence-corrected chi connectivity index (χ2v) is 3.77. The monoisotopic (exact) mass is 180 g/mol. The van der Waals surface area contributed by atoms with Crippen LogP contribution in [0.4, 0.5) is 0 Å². The fraction of sp³-hybridized carbons (Fsp3) is 0.857. The Morgan fingerprint density at radius 2 is 2.20 bits per heavy atom. The standard InChI is InChI=1S/C7H10Cl2O/c1-4-2-3-5(4)6(8)7(9)10/h4-6H,2-3H2,1H3. The SMILES string of the molecule is CC1CCC1C(Cl)C(=O)Cl. The predicted molar refractivity (Wildman–Crippen MR) is 42.4 cm³/mol. The van der Waals surface area contributed by atoms with Crippen molar-refractivity contribution in [2.75, 3.05) is 0 Å². The molecule has 0 spiro atoms. The van der Waals surface area contributed by atoms with Crippen LogP contribution in [0.3, 0.4) is 0 Å². The summed E-state index contributed by atoms with van der Waals surface area (Å²) in [4.78, 5) is 10.6. The van der Waals surface area contributed by atoms with Crippen molar-refractivity contribution in [1.29, 1.82) is 0 Å². The first-order valence-corrected chi connectivity index (χ1v) is 4.27. The van der Waals surface area contributed by atoms with Gasteiger partial charge in [0.05, 0.1) is 0 Å². The molecule has 3 unspecified atom stereocenters. The minimum absolute atomic E-state index is 0.326. The molecule has 1 saturated carbocycles. The van der Waals surface area contributed by atoms with Crippen LogP contribution in [-0.4, -0.2) is 10.6 Å². The zero-order chi connectivity index (χ0) is 7.72. The van der Waals surface area contributed by atoms with E-state index >= 15 is 0 Å². The maximum atomic E-state index is 10.6. The zero-order valence-corrected chi connectivity index (χ0v) is 7.32. The van der Waals surface area contributed by atoms with E-state index in [-0.39, 0.29) is 0 Å². The van der Waals surface area contributed by atoms with E-state index in [0.29, 0.717) is 11.8 Å². The molecule has 1 fully saturated rings. The summed E-state index contributed by atoms with van der Waals surface area (Å²) in [6.07, 6.45) is 2.23. The molecule has 3 atom stereocenters. The van der Waals surface area contributed by atoms with Crippen LogP contribution in [0.1, 0.15) is 19.8 Å². The van der Waals surface area contributed by atoms with E-state index in [1.165, 1.54) is 6.42 Å². The molecule has 0 heterocycles. The molecule has 0 aromatic carbocycles. The fourth-order valence-corrected chi connectivity index (χ4v) is 1.83. The summed E-state index contributed by atoms with van der Waals surface area (Å²) in [6, 6.07) is 0. The summed E-state index contributed by atoms with van der Waals surface area (Å²) in [5.41, 5.74) is 0. The van der Waals surface area contributed by atoms with Crippen LogP contribution in [0.2, 0.25) is 0 Å². The van der Waals surface area contributed by atoms with Crippen LogP contribution in [0, 0.1) is 11.8 Å². The van der Waals surface area contributed by atoms with Crippen molar-refractivity contribution in [2.24, 2.45) is 11.8 Å². The van der Waals surface area contributed by atoms with Crippen LogP contribution >= 0.6 is 23.2 Å². The third kappa shape index (κ3) is 1.46. The van der Waals surface area contributed by atoms with Crippen LogP contribution in [-0.2, 0) is 4.79 Å². The van der Waals surface area contributed by atoms with Crippen molar-refractivity contribution in [2.45, 2.75) is 25.1 Å². The summed E-state index contributed by atoms with van der Waals surface area (Å²) in [5.74, 6) is 0.900. The number of halogens is 2. The normalized spacial score (nSPS) is 34.7. The van der Waals surface area contributed by atoms with Gasteiger partial charge in [-0.3, -0.25) is 4.79 Å². The Morgan fingerprint density at radius 3 is 2.30 bits per heavy atom. The Kier molecular flexibility index (Phi) is 2.59. The van der Waals surface area contributed by atoms with Gasteiger partial charge in [0.2, 0.25) is 5.24 Å². The van der Waals surface area contributed by atoms with Crippen molar-refractivity contribution in [3.63, 3.8) is 0 Å². The highest BCUT2D eigenvalue weighted by atomic mass is 35.5. The summed E-state index contributed by atoms with van der Waals surface area (Å²) in [6.45, 7) is 2.10. The molecule has 3 heteroatoms. The second-order valence-electron chi connectivity index (χ2n) is 2.92. The van der Waals surface area contributed by atoms with E-state index < -0.39 is 10.6 Å². The molecule has 0 radical (unpaired) electrons. The first-order valence-electron chi connectivity index (χ1n) is 3.46. The molecule has 0 aliphatic heterocycles. The van der Waals surface area contributed by atoms with Gasteiger partial charge in [-0.2, -0.15) is 0 Å². The van der Waals surface area contributed by atoms with E-state index in [9.17, 15) is 4.79 Å². The van der Waals surface area contributed by atoms with Gasteiger partial charge in [0.1, 0.15) is 5.38 Å². The van der Waals surface area contributed by atoms with Gasteiger partial charge in [0.15, 0.2) is 0 Å². The molecule has 0 saturated heterocycles. The smallest absolute Gasteiger partial charge is 0.239 e. The molecule has 0 amide bonds. The third-order valence-corrected chi connectivity index (χ3v) is 3.15. The lowest BCUT2D eigenvalue weighted by Crippen LogP contribution is -2.34. The van der Waals surface area contributed by atoms with Crippen molar-refractivity contribution in [1.82, 2.24) is 0 Å². The predicted octanol–water partition coefficient (Wildman–Crippen LogP) is 2.41. The number of carbonyl (C=O) groups excluding carboxylic acids is 1. The van der Waals surface area contributed by atoms with Crippen LogP contribution < -0.4 is 0 Å². The largest absolute Gasteiger partial charge is 0.280 e. The van der Waals surface area contributed by atoms with E-state index in [0.717, 1.165) is 6.42 Å². The number of carbonyl (C=O) groups is 1. The van der Waals surface area contributed by atoms with Crippen molar-refractivity contribution >= 4 is 28.4 Å². The van der Waals surface area contributed by atoms with E-state index in [4.69, 9.17) is 23.2 Å². The zero-order valence-electron chi connectivity index (χ0n) is 5.81. The quantitative estimate of drug-likeness (QED) is 0.472. The molecule has 1 rings (SSSR count). The lowest BCUT2D eigenvalue weighted by molar-refractivity contribution is -0.113. The second kappa shape index (κ2) is 3.10. The van der Waals surface area contributed by atoms with Gasteiger partial charge in [-0.25, -0.2) is 0 Å². The number of hydrogen-bond acceptors (Lipinski definition) is 1. The molecule has 1 nitrogen and oxygen atoms in total. The average molecular weight is 181 g/mol. The summed E-state index contributed by atoms with van der Waals surface area (Å²) in [7, 11) is 0. The van der Waals surface area contributed by atoms with Crippen molar-refractivity contribution < 1.29 is 4.79 Å². The summed E-state index contributed by atoms with van der Waals surface area (Å²) >= 11 is 11.0. The van der Waals surface area contributed by atoms with Crippen molar-refractivity contribution in [3.8, 4) is 0 Å². The minimum Gasteiger partial charge on any atom is -0.280 e. The molecule has 0 N–H and O–H groups in total. The van der Waals surface area contributed by atoms with Gasteiger partial charge in [0.25, 0.3) is 0 Å². The number of rotatable bonds is 2. The average Bonchev–Trinajstić information content (AvgIpc) is 1.84. The Bertz CT molecular complexity index is 147. The number of alkyl halides is 1. The van der Waals surface area contributed by atoms with Gasteiger partial charge in [-0.1, -0.05) is 13.3 Å². The van der Waals surface area contributed by atoms with Gasteiger partial charge in [-0.15, -0.1) is 11.6 Å². The summed E-state index contributed by atoms with van der Waals surface area (Å²) in [5, 5.41) is -0.858. The van der Waals surface area contributed by atoms with Gasteiger partial charge in [0, 0.05) is 0 Å². The molecule has 1 aliphatic rings. The fourth-order valence-electron chi connectivity index (χ4n) is 1.30. The van der Waals surface area contributed by atoms with E-state index in [1.807, 2.05) is 0 Å². The highest BCUT2D eigenvalue weighted by Crippen LogP contribution is 2.39. The van der Waals surface area contributed by atoms with Crippen LogP contribution in [0.5, 0.6) is 0 Å². The third-order valence-electron chi connectivity index (χ3n) is 2.28. The Labute approximate surface area is 70.7 Å². The molecule has 0 bridgehead atoms. The summed E-state index contributed by atoms with van der Waals surface area (Å²) < 4.78 is 0. The molecular formula is C7H10Cl2O. The Balaban J connectivity index is 2.41. The maximum Gasteiger partial charge on any atom is 0.239 e. The van der Waals surface area contributed by atoms with Gasteiger partial charge in [-0.05, 0) is 29.9 Å². The molecule has 58 valence electrons. The van der Waals surface area contributed by atoms with E-state index in [1.54, 1.807) is 0 Å². The lowest BCUT2D eigenvalue weighted by atomic mass is 9.73. The van der Waals surface area contributed by atoms with Gasteiger partial charge >= 0.3 is 0 Å². The van der Waals surface area contributed by atoms with Crippen LogP contribution in [0.15, 0.2) is 0 Å². The first-order chi connectivity index (χ1) is 4.63. The number of hydrogen-bond donors (Lipinski definition) is 0. The minimum atomic E-state index is -0.453. The first kappa shape index (κ1) is 8.35. The van der Waals surface area contributed by atoms with Gasteiger partial charge < -0.3 is 0 Å². The Morgan fingerprint density at radius 1 is 1.60 bits per heavy atom. The highest BCUT2D eigenvalue weighted by molar-refractivity contribution is 6.69. The Hall–Kier alpha value is 0.250. The molecule has 0 aromatic rings. The van der Waals surface area contributed by atoms with E-state index in [2.05, 4.69) is 6.92 Å². The lowest BCUT2D eigenvalue weighted by Gasteiger charge is -2.35. The molecule has 1 aliphatic carbocycles. The highest BCUT2D eigenvalue weighted by Gasteiger charge is 2.35.